The van der Waals surface area contributed by atoms with Crippen LogP contribution in [0.5, 0.6) is 0 Å². The summed E-state index contributed by atoms with van der Waals surface area (Å²) in [6.45, 7) is 43.4. The number of hydrogen-bond donors (Lipinski definition) is 0. The van der Waals surface area contributed by atoms with Crippen LogP contribution in [0.2, 0.25) is 0 Å². The third-order valence-corrected chi connectivity index (χ3v) is 23.1. The van der Waals surface area contributed by atoms with Gasteiger partial charge in [-0.3, -0.25) is 0 Å². The first kappa shape index (κ1) is 59.6. The molecule has 0 spiro atoms. The molecule has 0 bridgehead atoms. The zero-order valence-electron chi connectivity index (χ0n) is 43.6. The van der Waals surface area contributed by atoms with Crippen molar-refractivity contribution in [1.82, 2.24) is 17.9 Å². The summed E-state index contributed by atoms with van der Waals surface area (Å²) in [5.74, 6) is 0. The van der Waals surface area contributed by atoms with Crippen LogP contribution in [0.15, 0.2) is 88.9 Å². The zero-order chi connectivity index (χ0) is 49.8. The van der Waals surface area contributed by atoms with Crippen molar-refractivity contribution in [3.8, 4) is 0 Å². The number of aryl methyl sites for hydroxylation is 6. The molecule has 0 radical (unpaired) electrons. The fraction of sp³-hybridized carbons (Fsp3) is 0.481. The summed E-state index contributed by atoms with van der Waals surface area (Å²) in [6, 6.07) is 22.4. The van der Waals surface area contributed by atoms with Crippen molar-refractivity contribution in [2.24, 2.45) is 0 Å². The molecule has 0 fully saturated rings. The Balaban J connectivity index is 0.000000359. The summed E-state index contributed by atoms with van der Waals surface area (Å²) in [4.78, 5) is 9.84. The van der Waals surface area contributed by atoms with Gasteiger partial charge in [0.1, 0.15) is 11.9 Å². The van der Waals surface area contributed by atoms with Gasteiger partial charge in [0, 0.05) is 7.27 Å². The Hall–Kier alpha value is -2.53. The van der Waals surface area contributed by atoms with Crippen LogP contribution in [0.3, 0.4) is 0 Å². The molecular weight excluding hydrogens is 913 g/mol. The SMILES string of the molecule is CC(C)(C)P(Cl)C(C)(C)C.Cc1cc(C)c(S(=O)(=O)n2c(P(C(C)(C)C)C(C)(C)C)nc3ccccc32)c(C)c1.Cc1cc(C)c(S(=O)(=O)n2cnc3ccccc32)c(C)c1.[CH2-]CCC.[Li+]. The number of unbranched alkanes of at least 4 members (excludes halogenated alkanes) is 1. The van der Waals surface area contributed by atoms with E-state index in [9.17, 15) is 16.8 Å². The maximum Gasteiger partial charge on any atom is 1.00 e. The van der Waals surface area contributed by atoms with Gasteiger partial charge in [0.2, 0.25) is 0 Å². The molecule has 0 aliphatic heterocycles. The largest absolute Gasteiger partial charge is 1.00 e. The molecule has 14 heteroatoms. The maximum atomic E-state index is 14.2. The molecule has 358 valence electrons. The summed E-state index contributed by atoms with van der Waals surface area (Å²) in [5.41, 5.74) is 8.47. The Labute approximate surface area is 419 Å². The van der Waals surface area contributed by atoms with Gasteiger partial charge < -0.3 is 6.92 Å². The number of imidazole rings is 2. The van der Waals surface area contributed by atoms with Crippen LogP contribution in [0.25, 0.3) is 22.1 Å². The number of halogens is 1. The number of fused-ring (bicyclic) bond motifs is 2. The van der Waals surface area contributed by atoms with Crippen molar-refractivity contribution < 1.29 is 35.7 Å². The smallest absolute Gasteiger partial charge is 0.343 e. The Kier molecular flexibility index (Phi) is 20.7. The van der Waals surface area contributed by atoms with Gasteiger partial charge >= 0.3 is 18.9 Å². The predicted molar refractivity (Wildman–Crippen MR) is 285 cm³/mol. The molecule has 2 aromatic heterocycles. The van der Waals surface area contributed by atoms with E-state index >= 15 is 0 Å². The first-order valence-electron chi connectivity index (χ1n) is 22.3. The van der Waals surface area contributed by atoms with Gasteiger partial charge in [0.25, 0.3) is 20.0 Å². The molecule has 0 saturated carbocycles. The minimum Gasteiger partial charge on any atom is -0.343 e. The number of nitrogens with zero attached hydrogens (tertiary/aromatic N) is 4. The molecule has 0 atom stereocenters. The average Bonchev–Trinajstić information content (AvgIpc) is 3.75. The zero-order valence-corrected chi connectivity index (χ0v) is 47.8. The summed E-state index contributed by atoms with van der Waals surface area (Å²) >= 11 is 6.30. The van der Waals surface area contributed by atoms with Crippen LogP contribution >= 0.6 is 26.4 Å². The molecule has 0 saturated heterocycles. The van der Waals surface area contributed by atoms with Crippen LogP contribution in [0.1, 0.15) is 136 Å². The molecule has 0 unspecified atom stereocenters. The number of para-hydroxylation sites is 4. The molecule has 0 N–H and O–H groups in total. The van der Waals surface area contributed by atoms with Crippen molar-refractivity contribution in [3.05, 3.63) is 119 Å². The van der Waals surface area contributed by atoms with Gasteiger partial charge in [0.05, 0.1) is 31.9 Å². The second kappa shape index (κ2) is 22.9. The minimum absolute atomic E-state index is 0. The minimum atomic E-state index is -3.83. The number of rotatable bonds is 6. The quantitative estimate of drug-likeness (QED) is 0.0935. The Morgan fingerprint density at radius 2 is 0.955 bits per heavy atom. The maximum absolute atomic E-state index is 14.2. The molecule has 0 aliphatic rings. The van der Waals surface area contributed by atoms with E-state index in [1.165, 1.54) is 20.7 Å². The van der Waals surface area contributed by atoms with E-state index in [1.54, 1.807) is 12.1 Å². The van der Waals surface area contributed by atoms with Crippen LogP contribution in [0, 0.1) is 48.5 Å². The van der Waals surface area contributed by atoms with E-state index in [0.29, 0.717) is 31.9 Å². The molecular formula is C52H76ClLiN4O4P2S2. The number of aromatic nitrogens is 4. The Morgan fingerprint density at radius 1 is 0.591 bits per heavy atom. The van der Waals surface area contributed by atoms with Crippen LogP contribution in [0.4, 0.5) is 0 Å². The van der Waals surface area contributed by atoms with Crippen LogP contribution in [-0.2, 0) is 20.0 Å². The van der Waals surface area contributed by atoms with Gasteiger partial charge in [-0.25, -0.2) is 34.7 Å². The number of benzene rings is 4. The molecule has 6 rings (SSSR count). The monoisotopic (exact) mass is 988 g/mol. The molecule has 2 heterocycles. The fourth-order valence-electron chi connectivity index (χ4n) is 8.45. The summed E-state index contributed by atoms with van der Waals surface area (Å²) in [5, 5.41) is 0.323. The van der Waals surface area contributed by atoms with E-state index in [1.807, 2.05) is 102 Å². The Morgan fingerprint density at radius 3 is 1.32 bits per heavy atom. The van der Waals surface area contributed by atoms with Crippen LogP contribution < -0.4 is 24.4 Å². The summed E-state index contributed by atoms with van der Waals surface area (Å²) < 4.78 is 57.1. The fourth-order valence-corrected chi connectivity index (χ4v) is 18.2. The molecule has 4 aromatic carbocycles. The third kappa shape index (κ3) is 14.3. The van der Waals surface area contributed by atoms with Crippen molar-refractivity contribution >= 4 is 74.1 Å². The molecule has 8 nitrogen and oxygen atoms in total. The van der Waals surface area contributed by atoms with E-state index in [4.69, 9.17) is 16.2 Å². The van der Waals surface area contributed by atoms with Crippen molar-refractivity contribution in [3.63, 3.8) is 0 Å². The van der Waals surface area contributed by atoms with E-state index in [-0.39, 0.29) is 39.5 Å². The molecule has 0 aliphatic carbocycles. The van der Waals surface area contributed by atoms with Gasteiger partial charge in [-0.2, -0.15) is 6.42 Å². The summed E-state index contributed by atoms with van der Waals surface area (Å²) in [7, 11) is -8.78. The van der Waals surface area contributed by atoms with E-state index < -0.39 is 35.2 Å². The van der Waals surface area contributed by atoms with Gasteiger partial charge in [0.15, 0.2) is 0 Å². The second-order valence-corrected chi connectivity index (χ2v) is 32.3. The van der Waals surface area contributed by atoms with E-state index in [0.717, 1.165) is 45.3 Å². The van der Waals surface area contributed by atoms with Crippen LogP contribution in [-0.4, -0.2) is 55.4 Å². The van der Waals surface area contributed by atoms with Crippen molar-refractivity contribution in [2.45, 2.75) is 175 Å². The van der Waals surface area contributed by atoms with Crippen molar-refractivity contribution in [2.75, 3.05) is 0 Å². The normalized spacial score (nSPS) is 12.5. The molecule has 66 heavy (non-hydrogen) atoms. The second-order valence-electron chi connectivity index (χ2n) is 20.8. The Bertz CT molecular complexity index is 2740. The van der Waals surface area contributed by atoms with Crippen molar-refractivity contribution in [1.29, 1.82) is 0 Å². The first-order valence-corrected chi connectivity index (χ1v) is 28.7. The summed E-state index contributed by atoms with van der Waals surface area (Å²) in [6.07, 6.45) is 3.65. The topological polar surface area (TPSA) is 104 Å². The number of hydrogen-bond acceptors (Lipinski definition) is 6. The average molecular weight is 990 g/mol. The standard InChI is InChI=1S/C24H33N2O2PS.C16H16N2O2S.C8H18ClP.C4H9.Li/c1-16-14-17(2)21(18(3)15-16)30(27,28)26-20-13-11-10-12-19(20)25-22(26)29(23(4,5)6)24(7,8)9;1-11-8-12(2)16(13(3)9-11)21(19,20)18-10-17-14-6-4-5-7-15(14)18;1-7(2,3)10(9)8(4,5)6;1-3-4-2;/h10-15H,1-9H3;4-10H,1-3H3;1-6H3;1,3-4H2,2H3;/q;;;-1;+1. The van der Waals surface area contributed by atoms with Gasteiger partial charge in [-0.05, 0) is 117 Å². The van der Waals surface area contributed by atoms with E-state index in [2.05, 4.69) is 102 Å². The van der Waals surface area contributed by atoms with Gasteiger partial charge in [-0.1, -0.05) is 167 Å². The molecule has 0 amide bonds. The first-order chi connectivity index (χ1) is 29.6. The molecule has 6 aromatic rings. The predicted octanol–water partition coefficient (Wildman–Crippen LogP) is 11.9. The van der Waals surface area contributed by atoms with Gasteiger partial charge in [-0.15, -0.1) is 0 Å². The third-order valence-electron chi connectivity index (χ3n) is 10.2.